The van der Waals surface area contributed by atoms with Gasteiger partial charge < -0.3 is 10.2 Å². The number of likely N-dealkylation sites (tertiary alicyclic amines) is 1. The van der Waals surface area contributed by atoms with Crippen molar-refractivity contribution in [3.8, 4) is 0 Å². The second-order valence-electron chi connectivity index (χ2n) is 8.66. The van der Waals surface area contributed by atoms with Crippen LogP contribution in [-0.4, -0.2) is 35.8 Å². The molecule has 1 N–H and O–H groups in total. The van der Waals surface area contributed by atoms with Crippen LogP contribution in [-0.2, 0) is 27.6 Å². The molecule has 2 fully saturated rings. The molecule has 0 radical (unpaired) electrons. The van der Waals surface area contributed by atoms with Crippen molar-refractivity contribution in [3.05, 3.63) is 70.8 Å². The fourth-order valence-electron chi connectivity index (χ4n) is 4.33. The van der Waals surface area contributed by atoms with Crippen molar-refractivity contribution in [1.29, 1.82) is 0 Å². The Morgan fingerprint density at radius 1 is 1.00 bits per heavy atom. The number of carbonyl (C=O) groups excluding carboxylic acids is 2. The van der Waals surface area contributed by atoms with E-state index in [2.05, 4.69) is 5.32 Å². The van der Waals surface area contributed by atoms with Crippen molar-refractivity contribution in [1.82, 2.24) is 10.2 Å². The van der Waals surface area contributed by atoms with Crippen LogP contribution >= 0.6 is 0 Å². The van der Waals surface area contributed by atoms with E-state index in [-0.39, 0.29) is 30.7 Å². The minimum atomic E-state index is -4.69. The number of nitrogens with zero attached hydrogens (tertiary/aromatic N) is 1. The number of carbonyl (C=O) groups is 2. The third kappa shape index (κ3) is 4.86. The van der Waals surface area contributed by atoms with Gasteiger partial charge in [0.25, 0.3) is 0 Å². The van der Waals surface area contributed by atoms with Crippen molar-refractivity contribution in [2.24, 2.45) is 0 Å². The minimum Gasteiger partial charge on any atom is -0.343 e. The fourth-order valence-corrected chi connectivity index (χ4v) is 4.33. The Labute approximate surface area is 187 Å². The minimum absolute atomic E-state index is 0.109. The highest BCUT2D eigenvalue weighted by Gasteiger charge is 2.53. The Bertz CT molecular complexity index is 1040. The average molecular weight is 466 g/mol. The molecular formula is C24H23F5N2O2. The van der Waals surface area contributed by atoms with Crippen LogP contribution in [0.25, 0.3) is 0 Å². The SMILES string of the molecule is O=C([C@H](Cc1ccc(F)cc1)NC(=O)C1(c2ccc(C(F)(F)F)cc2F)CC1)N1CCCC1. The summed E-state index contributed by atoms with van der Waals surface area (Å²) in [4.78, 5) is 27.9. The number of hydrogen-bond acceptors (Lipinski definition) is 2. The highest BCUT2D eigenvalue weighted by atomic mass is 19.4. The molecule has 176 valence electrons. The molecule has 4 nitrogen and oxygen atoms in total. The van der Waals surface area contributed by atoms with E-state index in [0.717, 1.165) is 25.0 Å². The van der Waals surface area contributed by atoms with Gasteiger partial charge in [-0.1, -0.05) is 18.2 Å². The van der Waals surface area contributed by atoms with E-state index in [0.29, 0.717) is 24.7 Å². The second kappa shape index (κ2) is 8.76. The molecule has 0 aromatic heterocycles. The first kappa shape index (κ1) is 23.2. The highest BCUT2D eigenvalue weighted by molar-refractivity contribution is 5.95. The Morgan fingerprint density at radius 2 is 1.64 bits per heavy atom. The number of benzene rings is 2. The topological polar surface area (TPSA) is 49.4 Å². The third-order valence-electron chi connectivity index (χ3n) is 6.37. The lowest BCUT2D eigenvalue weighted by Gasteiger charge is -2.26. The van der Waals surface area contributed by atoms with E-state index < -0.39 is 40.7 Å². The molecule has 1 aliphatic carbocycles. The van der Waals surface area contributed by atoms with Crippen LogP contribution in [0.2, 0.25) is 0 Å². The zero-order valence-electron chi connectivity index (χ0n) is 17.7. The summed E-state index contributed by atoms with van der Waals surface area (Å²) in [5.41, 5.74) is -1.90. The molecule has 33 heavy (non-hydrogen) atoms. The van der Waals surface area contributed by atoms with Crippen LogP contribution in [0.15, 0.2) is 42.5 Å². The van der Waals surface area contributed by atoms with Crippen molar-refractivity contribution in [2.75, 3.05) is 13.1 Å². The van der Waals surface area contributed by atoms with E-state index in [1.807, 2.05) is 0 Å². The summed E-state index contributed by atoms with van der Waals surface area (Å²) >= 11 is 0. The van der Waals surface area contributed by atoms with Gasteiger partial charge in [0.2, 0.25) is 11.8 Å². The predicted molar refractivity (Wildman–Crippen MR) is 110 cm³/mol. The van der Waals surface area contributed by atoms with Gasteiger partial charge in [0.05, 0.1) is 11.0 Å². The van der Waals surface area contributed by atoms with Crippen LogP contribution in [0.3, 0.4) is 0 Å². The molecule has 9 heteroatoms. The normalized spacial score (nSPS) is 18.2. The first-order valence-electron chi connectivity index (χ1n) is 10.8. The van der Waals surface area contributed by atoms with Gasteiger partial charge in [-0.15, -0.1) is 0 Å². The monoisotopic (exact) mass is 466 g/mol. The molecular weight excluding hydrogens is 443 g/mol. The number of nitrogens with one attached hydrogen (secondary N) is 1. The predicted octanol–water partition coefficient (Wildman–Crippen LogP) is 4.37. The summed E-state index contributed by atoms with van der Waals surface area (Å²) in [5, 5.41) is 2.72. The Kier molecular flexibility index (Phi) is 6.16. The fraction of sp³-hybridized carbons (Fsp3) is 0.417. The molecule has 2 amide bonds. The summed E-state index contributed by atoms with van der Waals surface area (Å²) in [6, 6.07) is 6.77. The van der Waals surface area contributed by atoms with Crippen molar-refractivity contribution in [2.45, 2.75) is 49.7 Å². The molecule has 0 spiro atoms. The molecule has 0 bridgehead atoms. The molecule has 2 aliphatic rings. The largest absolute Gasteiger partial charge is 0.416 e. The maximum absolute atomic E-state index is 14.6. The zero-order chi connectivity index (χ0) is 23.8. The molecule has 1 atom stereocenters. The standard InChI is InChI=1S/C24H23F5N2O2/c25-17-6-3-15(4-7-17)13-20(21(32)31-11-1-2-12-31)30-22(33)23(9-10-23)18-8-5-16(14-19(18)26)24(27,28)29/h3-8,14,20H,1-2,9-13H2,(H,30,33)/t20-/m0/s1. The first-order chi connectivity index (χ1) is 15.6. The quantitative estimate of drug-likeness (QED) is 0.643. The number of hydrogen-bond donors (Lipinski definition) is 1. The lowest BCUT2D eigenvalue weighted by atomic mass is 9.92. The van der Waals surface area contributed by atoms with Gasteiger partial charge in [-0.25, -0.2) is 8.78 Å². The van der Waals surface area contributed by atoms with E-state index in [4.69, 9.17) is 0 Å². The van der Waals surface area contributed by atoms with Crippen LogP contribution in [0.5, 0.6) is 0 Å². The maximum atomic E-state index is 14.6. The van der Waals surface area contributed by atoms with Crippen LogP contribution in [0, 0.1) is 11.6 Å². The molecule has 0 unspecified atom stereocenters. The lowest BCUT2D eigenvalue weighted by Crippen LogP contribution is -2.51. The smallest absolute Gasteiger partial charge is 0.343 e. The first-order valence-corrected chi connectivity index (χ1v) is 10.8. The summed E-state index contributed by atoms with van der Waals surface area (Å²) in [6.45, 7) is 1.13. The van der Waals surface area contributed by atoms with Gasteiger partial charge in [-0.3, -0.25) is 9.59 Å². The summed E-state index contributed by atoms with van der Waals surface area (Å²) < 4.78 is 66.6. The van der Waals surface area contributed by atoms with Gasteiger partial charge in [0, 0.05) is 25.1 Å². The van der Waals surface area contributed by atoms with Crippen LogP contribution in [0.1, 0.15) is 42.4 Å². The van der Waals surface area contributed by atoms with Gasteiger partial charge in [-0.2, -0.15) is 13.2 Å². The van der Waals surface area contributed by atoms with Crippen LogP contribution in [0.4, 0.5) is 22.0 Å². The number of rotatable bonds is 6. The summed E-state index contributed by atoms with van der Waals surface area (Å²) in [7, 11) is 0. The summed E-state index contributed by atoms with van der Waals surface area (Å²) in [6.07, 6.45) is -2.34. The van der Waals surface area contributed by atoms with Crippen LogP contribution < -0.4 is 5.32 Å². The Balaban J connectivity index is 1.57. The lowest BCUT2D eigenvalue weighted by molar-refractivity contribution is -0.138. The van der Waals surface area contributed by atoms with Gasteiger partial charge in [0.1, 0.15) is 17.7 Å². The molecule has 1 aliphatic heterocycles. The van der Waals surface area contributed by atoms with Crippen molar-refractivity contribution < 1.29 is 31.5 Å². The van der Waals surface area contributed by atoms with Crippen molar-refractivity contribution in [3.63, 3.8) is 0 Å². The Morgan fingerprint density at radius 3 is 2.18 bits per heavy atom. The second-order valence-corrected chi connectivity index (χ2v) is 8.66. The number of alkyl halides is 3. The number of halogens is 5. The van der Waals surface area contributed by atoms with E-state index in [1.165, 1.54) is 24.3 Å². The average Bonchev–Trinajstić information content (AvgIpc) is 3.39. The molecule has 1 heterocycles. The van der Waals surface area contributed by atoms with E-state index >= 15 is 0 Å². The van der Waals surface area contributed by atoms with E-state index in [9.17, 15) is 31.5 Å². The van der Waals surface area contributed by atoms with Gasteiger partial charge >= 0.3 is 6.18 Å². The van der Waals surface area contributed by atoms with Gasteiger partial charge in [0.15, 0.2) is 0 Å². The molecule has 1 saturated heterocycles. The molecule has 4 rings (SSSR count). The molecule has 2 aromatic carbocycles. The maximum Gasteiger partial charge on any atom is 0.416 e. The summed E-state index contributed by atoms with van der Waals surface area (Å²) in [5.74, 6) is -2.41. The highest BCUT2D eigenvalue weighted by Crippen LogP contribution is 2.50. The number of amides is 2. The molecule has 2 aromatic rings. The third-order valence-corrected chi connectivity index (χ3v) is 6.37. The van der Waals surface area contributed by atoms with Gasteiger partial charge in [-0.05, 0) is 55.5 Å². The zero-order valence-corrected chi connectivity index (χ0v) is 17.7. The van der Waals surface area contributed by atoms with E-state index in [1.54, 1.807) is 4.90 Å². The Hall–Kier alpha value is -2.97. The molecule has 1 saturated carbocycles. The van der Waals surface area contributed by atoms with Crippen molar-refractivity contribution >= 4 is 11.8 Å².